The molecule has 0 aliphatic carbocycles. The number of ether oxygens (including phenoxy) is 15. The van der Waals surface area contributed by atoms with E-state index in [1.165, 1.54) is 20.8 Å². The van der Waals surface area contributed by atoms with E-state index in [-0.39, 0.29) is 6.42 Å². The zero-order valence-electron chi connectivity index (χ0n) is 64.1. The first-order valence-corrected chi connectivity index (χ1v) is 37.1. The van der Waals surface area contributed by atoms with Gasteiger partial charge in [0.15, 0.2) is 49.9 Å². The van der Waals surface area contributed by atoms with Crippen molar-refractivity contribution >= 4 is 11.9 Å². The molecule has 0 radical (unpaired) electrons. The monoisotopic (exact) mass is 1620 g/mol. The van der Waals surface area contributed by atoms with Gasteiger partial charge in [0.25, 0.3) is 0 Å². The van der Waals surface area contributed by atoms with Crippen LogP contribution < -0.4 is 0 Å². The van der Waals surface area contributed by atoms with Crippen LogP contribution in [0.15, 0.2) is 0 Å². The van der Waals surface area contributed by atoms with Gasteiger partial charge in [0, 0.05) is 11.8 Å². The van der Waals surface area contributed by atoms with E-state index in [1.54, 1.807) is 55.4 Å². The summed E-state index contributed by atoms with van der Waals surface area (Å²) in [5.74, 6) is -4.50. The van der Waals surface area contributed by atoms with Crippen LogP contribution in [0.25, 0.3) is 0 Å². The summed E-state index contributed by atoms with van der Waals surface area (Å²) in [6, 6.07) is 0. The van der Waals surface area contributed by atoms with Gasteiger partial charge >= 0.3 is 11.9 Å². The van der Waals surface area contributed by atoms with Gasteiger partial charge in [-0.2, -0.15) is 0 Å². The van der Waals surface area contributed by atoms with Crippen molar-refractivity contribution in [1.29, 1.82) is 0 Å². The molecule has 9 heterocycles. The molecule has 0 aromatic heterocycles. The van der Waals surface area contributed by atoms with Crippen LogP contribution in [0, 0.1) is 28.1 Å². The fraction of sp³-hybridized carbons (Fsp3) is 0.971. The summed E-state index contributed by atoms with van der Waals surface area (Å²) in [5.41, 5.74) is -2.19. The average Bonchev–Trinajstić information content (AvgIpc) is 0.762. The minimum Gasteiger partial charge on any atom is -0.479 e. The molecule has 25 N–H and O–H groups in total. The van der Waals surface area contributed by atoms with Crippen LogP contribution in [0.4, 0.5) is 0 Å². The summed E-state index contributed by atoms with van der Waals surface area (Å²) in [6.07, 6.45) is -63.0. The number of carboxylic acid groups (broad SMARTS) is 2. The third-order valence-corrected chi connectivity index (χ3v) is 21.7. The van der Waals surface area contributed by atoms with Gasteiger partial charge in [-0.3, -0.25) is 0 Å². The highest BCUT2D eigenvalue weighted by Gasteiger charge is 2.61. The second-order valence-electron chi connectivity index (χ2n) is 33.2. The number of carbonyl (C=O) groups is 2. The highest BCUT2D eigenvalue weighted by Crippen LogP contribution is 2.43. The van der Waals surface area contributed by atoms with Crippen molar-refractivity contribution < 1.29 is 208 Å². The fourth-order valence-corrected chi connectivity index (χ4v) is 14.7. The van der Waals surface area contributed by atoms with Crippen molar-refractivity contribution in [3.63, 3.8) is 0 Å². The first-order chi connectivity index (χ1) is 51.4. The lowest BCUT2D eigenvalue weighted by Crippen LogP contribution is -2.69. The summed E-state index contributed by atoms with van der Waals surface area (Å²) in [5, 5.41) is 259. The smallest absolute Gasteiger partial charge is 0.335 e. The van der Waals surface area contributed by atoms with Crippen LogP contribution in [0.5, 0.6) is 0 Å². The van der Waals surface area contributed by atoms with Crippen LogP contribution in [0.2, 0.25) is 0 Å². The van der Waals surface area contributed by atoms with Gasteiger partial charge < -0.3 is 199 Å². The van der Waals surface area contributed by atoms with Crippen molar-refractivity contribution in [1.82, 2.24) is 0 Å². The molecule has 9 saturated heterocycles. The van der Waals surface area contributed by atoms with E-state index in [0.29, 0.717) is 0 Å². The minimum atomic E-state index is -1.94. The Kier molecular flexibility index (Phi) is 33.7. The molecule has 9 rings (SSSR count). The lowest BCUT2D eigenvalue weighted by molar-refractivity contribution is -0.387. The lowest BCUT2D eigenvalue weighted by Gasteiger charge is -2.51. The van der Waals surface area contributed by atoms with E-state index >= 15 is 0 Å². The Morgan fingerprint density at radius 3 is 1.04 bits per heavy atom. The first kappa shape index (κ1) is 95.6. The van der Waals surface area contributed by atoms with Crippen LogP contribution in [-0.2, 0) is 80.6 Å². The van der Waals surface area contributed by atoms with E-state index in [4.69, 9.17) is 71.1 Å². The van der Waals surface area contributed by atoms with Gasteiger partial charge in [0.1, 0.15) is 165 Å². The van der Waals surface area contributed by atoms with Gasteiger partial charge in [-0.25, -0.2) is 9.59 Å². The SMILES string of the molecule is CC1OC(OC2C(O)C(C(=O)O)OC(C(C)(C)C)C2O)C(O)C(OC2OC(CO)C(O)C(C)C2O)C1O.CC[C@H]1O[C@@H](O[C@H]2[C@H](O[C@H]3[C@H](O)[C@@H](OC4O[C@@H](C)[C@H](O)[C@@H](O)[C@H]4O)[C@H](C(C)(C)C)O[C@@H]3C(=O)O)O[C@H](CO)[C@H](O)[C@@H]2O)[C@H](O)[C@@H](O)[C@@H]1O.C[C@@H]1[C@@H](O)[C@H](O[C@H]2[C@H](O)[C@@H](CO)OC(C(C)(C)C)[C@@H]2O)O[C@H](CO)[C@H]1O. The summed E-state index contributed by atoms with van der Waals surface area (Å²) < 4.78 is 84.9. The summed E-state index contributed by atoms with van der Waals surface area (Å²) in [6.45, 7) is 20.8. The Balaban J connectivity index is 0.000000242. The molecule has 17 unspecified atom stereocenters. The third kappa shape index (κ3) is 21.2. The molecular formula is C69H122O42. The molecule has 0 saturated carbocycles. The van der Waals surface area contributed by atoms with Gasteiger partial charge in [0.05, 0.1) is 75.3 Å². The van der Waals surface area contributed by atoms with E-state index in [2.05, 4.69) is 0 Å². The predicted molar refractivity (Wildman–Crippen MR) is 363 cm³/mol. The number of rotatable bonds is 19. The molecule has 0 bridgehead atoms. The molecule has 45 atom stereocenters. The molecule has 0 aromatic rings. The second kappa shape index (κ2) is 39.1. The van der Waals surface area contributed by atoms with Crippen LogP contribution in [-0.4, -0.2) is 430 Å². The zero-order valence-corrected chi connectivity index (χ0v) is 64.1. The van der Waals surface area contributed by atoms with Crippen molar-refractivity contribution in [2.75, 3.05) is 26.4 Å². The van der Waals surface area contributed by atoms with E-state index in [1.807, 2.05) is 20.8 Å². The number of hydrogen-bond donors (Lipinski definition) is 25. The third-order valence-electron chi connectivity index (χ3n) is 21.7. The molecule has 42 nitrogen and oxygen atoms in total. The van der Waals surface area contributed by atoms with E-state index in [9.17, 15) is 137 Å². The summed E-state index contributed by atoms with van der Waals surface area (Å²) >= 11 is 0. The van der Waals surface area contributed by atoms with Gasteiger partial charge in [-0.15, -0.1) is 0 Å². The Morgan fingerprint density at radius 2 is 0.595 bits per heavy atom. The quantitative estimate of drug-likeness (QED) is 0.0571. The maximum absolute atomic E-state index is 12.5. The molecule has 111 heavy (non-hydrogen) atoms. The highest BCUT2D eigenvalue weighted by atomic mass is 16.8. The molecule has 9 fully saturated rings. The van der Waals surface area contributed by atoms with Gasteiger partial charge in [-0.1, -0.05) is 83.1 Å². The molecule has 9 aliphatic heterocycles. The Labute approximate surface area is 639 Å². The van der Waals surface area contributed by atoms with Gasteiger partial charge in [0.2, 0.25) is 0 Å². The summed E-state index contributed by atoms with van der Waals surface area (Å²) in [4.78, 5) is 24.2. The first-order valence-electron chi connectivity index (χ1n) is 37.1. The molecule has 9 aliphatic rings. The molecule has 0 amide bonds. The molecule has 0 spiro atoms. The molecular weight excluding hydrogens is 1500 g/mol. The normalized spacial score (nSPS) is 49.6. The van der Waals surface area contributed by atoms with E-state index in [0.717, 1.165) is 0 Å². The number of aliphatic carboxylic acids is 2. The number of aliphatic hydroxyl groups is 23. The Morgan fingerprint density at radius 1 is 0.270 bits per heavy atom. The minimum absolute atomic E-state index is 0.167. The van der Waals surface area contributed by atoms with Crippen molar-refractivity contribution in [2.24, 2.45) is 28.1 Å². The molecule has 0 aromatic carbocycles. The van der Waals surface area contributed by atoms with Gasteiger partial charge in [-0.05, 0) is 36.5 Å². The largest absolute Gasteiger partial charge is 0.479 e. The lowest BCUT2D eigenvalue weighted by atomic mass is 9.80. The zero-order chi connectivity index (χ0) is 83.8. The summed E-state index contributed by atoms with van der Waals surface area (Å²) in [7, 11) is 0. The van der Waals surface area contributed by atoms with Crippen molar-refractivity contribution in [3.05, 3.63) is 0 Å². The topological polar surface area (TPSA) is 678 Å². The van der Waals surface area contributed by atoms with E-state index < -0.39 is 330 Å². The standard InChI is InChI=1S/C29H50O19.C23H40O14.C17H32O9/c1-6-9-12(32)15(35)18(38)27(43-9)48-22-16(36)13(33)10(7-30)44-28(22)46-20-19(39)21(24(29(3,4)5)45-23(20)25(40)41)47-26-17(37)14(34)11(31)8(2)42-26;1-7-10(25)9(6-24)34-21(11(7)26)36-16-12(27)8(2)33-22(15(16)30)37-17-13(28)18(20(31)32)35-19(14(17)29)23(3,4)5;1-7-10(20)8(5-18)25-16(11(7)21)26-14-12(22)9(6-19)24-15(13(14)23)17(2,3)4/h8-24,26-28,30-39H,6-7H2,1-5H3,(H,40,41);7-19,21-22,24-30H,6H2,1-5H3,(H,31,32);7-16,18-23H,5-6H2,1-4H3/t8-,9+,10+,11-,12+,13-,14+,15-,16-,17+,18+,19-,20-,21+,22+,23-,24+,26?,27-,28-;;7-,8+,9+,10-,11+,12+,13+,14-,15?,16-/m0.0/s1. The van der Waals surface area contributed by atoms with Crippen LogP contribution in [0.3, 0.4) is 0 Å². The predicted octanol–water partition coefficient (Wildman–Crippen LogP) is -10.2. The van der Waals surface area contributed by atoms with Crippen molar-refractivity contribution in [3.8, 4) is 0 Å². The fourth-order valence-electron chi connectivity index (χ4n) is 14.7. The Hall–Kier alpha value is -2.58. The average molecular weight is 1620 g/mol. The van der Waals surface area contributed by atoms with Crippen LogP contribution in [0.1, 0.15) is 103 Å². The molecule has 650 valence electrons. The second-order valence-corrected chi connectivity index (χ2v) is 33.2. The number of aliphatic hydroxyl groups excluding tert-OH is 23. The maximum atomic E-state index is 12.5. The maximum Gasteiger partial charge on any atom is 0.335 e. The number of hydrogen-bond acceptors (Lipinski definition) is 40. The molecule has 42 heteroatoms. The highest BCUT2D eigenvalue weighted by molar-refractivity contribution is 5.74. The van der Waals surface area contributed by atoms with Crippen LogP contribution >= 0.6 is 0 Å². The van der Waals surface area contributed by atoms with Crippen molar-refractivity contribution in [2.45, 2.75) is 367 Å². The Bertz CT molecular complexity index is 2850. The number of carboxylic acids is 2.